The van der Waals surface area contributed by atoms with E-state index in [1.807, 2.05) is 18.2 Å². The molecule has 0 unspecified atom stereocenters. The Labute approximate surface area is 113 Å². The molecule has 0 aliphatic carbocycles. The normalized spacial score (nSPS) is 10.0. The first-order chi connectivity index (χ1) is 9.02. The minimum Gasteiger partial charge on any atom is -0.508 e. The smallest absolute Gasteiger partial charge is 0.231 e. The van der Waals surface area contributed by atoms with E-state index in [-0.39, 0.29) is 5.41 Å². The summed E-state index contributed by atoms with van der Waals surface area (Å²) in [6, 6.07) is 17.8. The molecule has 0 aliphatic heterocycles. The van der Waals surface area contributed by atoms with Gasteiger partial charge in [-0.3, -0.25) is 0 Å². The van der Waals surface area contributed by atoms with Gasteiger partial charge in [-0.05, 0) is 23.3 Å². The fourth-order valence-electron chi connectivity index (χ4n) is 1.90. The fraction of sp³-hybridized carbons (Fsp3) is 0.188. The molecule has 0 aromatic heterocycles. The van der Waals surface area contributed by atoms with Gasteiger partial charge in [-0.15, -0.1) is 0 Å². The number of rotatable bonds is 2. The molecule has 0 amide bonds. The van der Waals surface area contributed by atoms with Gasteiger partial charge in [0.2, 0.25) is 6.08 Å². The van der Waals surface area contributed by atoms with Gasteiger partial charge in [-0.2, -0.15) is 0 Å². The maximum atomic E-state index is 9.29. The maximum Gasteiger partial charge on any atom is 0.231 e. The molecule has 3 nitrogen and oxygen atoms in total. The average molecular weight is 255 g/mol. The number of hydrogen-bond donors (Lipinski definition) is 2. The number of phenolic OH excluding ortho intramolecular Hbond substituents is 1. The van der Waals surface area contributed by atoms with E-state index in [0.29, 0.717) is 5.75 Å². The minimum absolute atomic E-state index is 0.0328. The van der Waals surface area contributed by atoms with Gasteiger partial charge in [0, 0.05) is 5.41 Å². The summed E-state index contributed by atoms with van der Waals surface area (Å²) in [5.41, 5.74) is 2.45. The van der Waals surface area contributed by atoms with Crippen molar-refractivity contribution in [3.63, 3.8) is 0 Å². The van der Waals surface area contributed by atoms with E-state index in [0.717, 1.165) is 6.08 Å². The van der Waals surface area contributed by atoms with Gasteiger partial charge in [0.15, 0.2) is 0 Å². The largest absolute Gasteiger partial charge is 0.508 e. The molecule has 2 rings (SSSR count). The van der Waals surface area contributed by atoms with Crippen LogP contribution in [0.15, 0.2) is 54.6 Å². The molecular weight excluding hydrogens is 238 g/mol. The quantitative estimate of drug-likeness (QED) is 0.636. The lowest BCUT2D eigenvalue weighted by Crippen LogP contribution is -2.18. The zero-order valence-electron chi connectivity index (χ0n) is 11.1. The van der Waals surface area contributed by atoms with Gasteiger partial charge < -0.3 is 5.11 Å². The van der Waals surface area contributed by atoms with E-state index in [4.69, 9.17) is 10.2 Å². The van der Waals surface area contributed by atoms with E-state index >= 15 is 0 Å². The van der Waals surface area contributed by atoms with Crippen LogP contribution in [0.1, 0.15) is 25.0 Å². The summed E-state index contributed by atoms with van der Waals surface area (Å²) >= 11 is 0. The number of carbonyl (C=O) groups excluding carboxylic acids is 1. The first-order valence-corrected chi connectivity index (χ1v) is 5.91. The van der Waals surface area contributed by atoms with Crippen LogP contribution in [0.5, 0.6) is 5.75 Å². The molecule has 3 heteroatoms. The van der Waals surface area contributed by atoms with Crippen molar-refractivity contribution >= 4 is 6.08 Å². The van der Waals surface area contributed by atoms with Crippen molar-refractivity contribution in [2.75, 3.05) is 0 Å². The third-order valence-corrected chi connectivity index (χ3v) is 3.08. The number of phenols is 1. The summed E-state index contributed by atoms with van der Waals surface area (Å²) in [5, 5.41) is 14.7. The summed E-state index contributed by atoms with van der Waals surface area (Å²) in [7, 11) is 0. The van der Waals surface area contributed by atoms with Gasteiger partial charge >= 0.3 is 0 Å². The third-order valence-electron chi connectivity index (χ3n) is 3.08. The highest BCUT2D eigenvalue weighted by molar-refractivity contribution is 5.39. The zero-order chi connectivity index (χ0) is 14.3. The predicted octanol–water partition coefficient (Wildman–Crippen LogP) is 3.62. The van der Waals surface area contributed by atoms with Gasteiger partial charge in [0.05, 0.1) is 0 Å². The SMILES string of the molecule is CC(C)(c1ccccc1)c1ccc(O)cc1.N=C=O. The molecule has 2 N–H and O–H groups in total. The maximum absolute atomic E-state index is 9.29. The first kappa shape index (κ1) is 14.7. The van der Waals surface area contributed by atoms with Crippen LogP contribution in [0.25, 0.3) is 0 Å². The number of hydrogen-bond acceptors (Lipinski definition) is 3. The Morgan fingerprint density at radius 2 is 1.37 bits per heavy atom. The van der Waals surface area contributed by atoms with Crippen molar-refractivity contribution in [1.82, 2.24) is 0 Å². The zero-order valence-corrected chi connectivity index (χ0v) is 11.1. The highest BCUT2D eigenvalue weighted by Crippen LogP contribution is 2.31. The van der Waals surface area contributed by atoms with E-state index < -0.39 is 0 Å². The average Bonchev–Trinajstić information content (AvgIpc) is 2.41. The van der Waals surface area contributed by atoms with Crippen LogP contribution < -0.4 is 0 Å². The summed E-state index contributed by atoms with van der Waals surface area (Å²) < 4.78 is 0. The van der Waals surface area contributed by atoms with Crippen molar-refractivity contribution < 1.29 is 9.90 Å². The van der Waals surface area contributed by atoms with Crippen LogP contribution in [0.2, 0.25) is 0 Å². The Hall–Kier alpha value is -2.38. The van der Waals surface area contributed by atoms with Crippen molar-refractivity contribution in [1.29, 1.82) is 5.41 Å². The number of benzene rings is 2. The van der Waals surface area contributed by atoms with Crippen molar-refractivity contribution in [2.24, 2.45) is 0 Å². The third kappa shape index (κ3) is 3.80. The van der Waals surface area contributed by atoms with Gasteiger partial charge in [-0.1, -0.05) is 56.3 Å². The molecule has 0 spiro atoms. The second-order valence-corrected chi connectivity index (χ2v) is 4.64. The second-order valence-electron chi connectivity index (χ2n) is 4.64. The lowest BCUT2D eigenvalue weighted by atomic mass is 9.78. The Morgan fingerprint density at radius 3 is 1.84 bits per heavy atom. The topological polar surface area (TPSA) is 61.1 Å². The molecule has 2 aromatic rings. The summed E-state index contributed by atoms with van der Waals surface area (Å²) in [5.74, 6) is 0.313. The van der Waals surface area contributed by atoms with E-state index in [2.05, 4.69) is 38.1 Å². The summed E-state index contributed by atoms with van der Waals surface area (Å²) in [4.78, 5) is 8.35. The Bertz CT molecular complexity index is 539. The molecular formula is C16H17NO2. The van der Waals surface area contributed by atoms with Crippen LogP contribution in [0.3, 0.4) is 0 Å². The lowest BCUT2D eigenvalue weighted by Gasteiger charge is -2.26. The standard InChI is InChI=1S/C15H16O.CHNO/c1-15(2,12-6-4-3-5-7-12)13-8-10-14(16)11-9-13;2-1-3/h3-11,16H,1-2H3;2H. The summed E-state index contributed by atoms with van der Waals surface area (Å²) in [6.07, 6.45) is 0.750. The van der Waals surface area contributed by atoms with E-state index in [9.17, 15) is 5.11 Å². The lowest BCUT2D eigenvalue weighted by molar-refractivity contribution is 0.474. The molecule has 0 bridgehead atoms. The molecule has 0 heterocycles. The van der Waals surface area contributed by atoms with Crippen LogP contribution in [-0.4, -0.2) is 11.2 Å². The number of isocyanates is 1. The van der Waals surface area contributed by atoms with Crippen LogP contribution in [0, 0.1) is 5.41 Å². The first-order valence-electron chi connectivity index (χ1n) is 5.91. The van der Waals surface area contributed by atoms with Gasteiger partial charge in [-0.25, -0.2) is 10.2 Å². The Morgan fingerprint density at radius 1 is 0.947 bits per heavy atom. The monoisotopic (exact) mass is 255 g/mol. The Balaban J connectivity index is 0.000000550. The number of aromatic hydroxyl groups is 1. The van der Waals surface area contributed by atoms with Crippen molar-refractivity contribution in [2.45, 2.75) is 19.3 Å². The van der Waals surface area contributed by atoms with Crippen LogP contribution >= 0.6 is 0 Å². The molecule has 0 aliphatic rings. The molecule has 0 saturated heterocycles. The number of nitrogens with one attached hydrogen (secondary N) is 1. The molecule has 2 aromatic carbocycles. The second kappa shape index (κ2) is 6.53. The van der Waals surface area contributed by atoms with Gasteiger partial charge in [0.25, 0.3) is 0 Å². The van der Waals surface area contributed by atoms with Crippen LogP contribution in [0.4, 0.5) is 0 Å². The molecule has 0 fully saturated rings. The molecule has 19 heavy (non-hydrogen) atoms. The van der Waals surface area contributed by atoms with Gasteiger partial charge in [0.1, 0.15) is 5.75 Å². The summed E-state index contributed by atoms with van der Waals surface area (Å²) in [6.45, 7) is 4.38. The van der Waals surface area contributed by atoms with E-state index in [1.54, 1.807) is 12.1 Å². The fourth-order valence-corrected chi connectivity index (χ4v) is 1.90. The Kier molecular flexibility index (Phi) is 5.04. The molecule has 0 atom stereocenters. The van der Waals surface area contributed by atoms with Crippen molar-refractivity contribution in [3.05, 3.63) is 65.7 Å². The van der Waals surface area contributed by atoms with Crippen molar-refractivity contribution in [3.8, 4) is 5.75 Å². The molecule has 0 saturated carbocycles. The molecule has 0 radical (unpaired) electrons. The highest BCUT2D eigenvalue weighted by Gasteiger charge is 2.22. The molecule has 98 valence electrons. The highest BCUT2D eigenvalue weighted by atomic mass is 16.3. The minimum atomic E-state index is -0.0328. The van der Waals surface area contributed by atoms with E-state index in [1.165, 1.54) is 11.1 Å². The van der Waals surface area contributed by atoms with Crippen LogP contribution in [-0.2, 0) is 10.2 Å². The predicted molar refractivity (Wildman–Crippen MR) is 75.1 cm³/mol.